The van der Waals surface area contributed by atoms with Crippen molar-refractivity contribution in [2.75, 3.05) is 5.32 Å². The van der Waals surface area contributed by atoms with Gasteiger partial charge in [0.25, 0.3) is 0 Å². The molecule has 0 aliphatic heterocycles. The molecule has 162 valence electrons. The number of urea groups is 1. The highest BCUT2D eigenvalue weighted by molar-refractivity contribution is 5.91. The molecular weight excluding hydrogens is 380 g/mol. The van der Waals surface area contributed by atoms with Gasteiger partial charge in [-0.25, -0.2) is 4.79 Å². The normalized spacial score (nSPS) is 10.7. The predicted molar refractivity (Wildman–Crippen MR) is 130 cm³/mol. The number of carbonyl (C=O) groups is 1. The van der Waals surface area contributed by atoms with Gasteiger partial charge in [0, 0.05) is 18.8 Å². The van der Waals surface area contributed by atoms with E-state index in [1.54, 1.807) is 0 Å². The van der Waals surface area contributed by atoms with Gasteiger partial charge in [-0.1, -0.05) is 85.6 Å². The summed E-state index contributed by atoms with van der Waals surface area (Å²) in [6.45, 7) is 9.52. The molecule has 0 radical (unpaired) electrons. The molecule has 0 fully saturated rings. The summed E-state index contributed by atoms with van der Waals surface area (Å²) in [6, 6.07) is 23.0. The fraction of sp³-hybridized carbons (Fsp3) is 0.321. The lowest BCUT2D eigenvalue weighted by Crippen LogP contribution is -2.34. The number of carbonyl (C=O) groups excluding carboxylic acids is 1. The molecule has 0 heterocycles. The Hall–Kier alpha value is -3.07. The topological polar surface area (TPSA) is 32.3 Å². The molecule has 1 N–H and O–H groups in total. The number of aryl methyl sites for hydroxylation is 4. The maximum absolute atomic E-state index is 13.3. The number of anilines is 1. The molecular formula is C28H34N2O. The molecule has 3 aromatic carbocycles. The molecule has 0 aliphatic rings. The summed E-state index contributed by atoms with van der Waals surface area (Å²) in [4.78, 5) is 15.2. The highest BCUT2D eigenvalue weighted by Gasteiger charge is 2.17. The Morgan fingerprint density at radius 1 is 0.806 bits per heavy atom. The SMILES string of the molecule is CCCCc1ccc(CN(Cc2ccccc2)C(=O)Nc2c(C)cc(C)cc2C)cc1. The first-order valence-electron chi connectivity index (χ1n) is 11.2. The van der Waals surface area contributed by atoms with E-state index >= 15 is 0 Å². The van der Waals surface area contributed by atoms with Crippen LogP contribution in [0.4, 0.5) is 10.5 Å². The van der Waals surface area contributed by atoms with Crippen molar-refractivity contribution in [2.24, 2.45) is 0 Å². The molecule has 3 nitrogen and oxygen atoms in total. The Morgan fingerprint density at radius 3 is 1.94 bits per heavy atom. The van der Waals surface area contributed by atoms with Crippen LogP contribution in [0.3, 0.4) is 0 Å². The Balaban J connectivity index is 1.80. The number of nitrogens with one attached hydrogen (secondary N) is 1. The highest BCUT2D eigenvalue weighted by Crippen LogP contribution is 2.23. The molecule has 31 heavy (non-hydrogen) atoms. The Kier molecular flexibility index (Phi) is 7.88. The van der Waals surface area contributed by atoms with Crippen LogP contribution in [0.2, 0.25) is 0 Å². The number of unbranched alkanes of at least 4 members (excludes halogenated alkanes) is 1. The smallest absolute Gasteiger partial charge is 0.316 e. The molecule has 3 aromatic rings. The number of rotatable bonds is 8. The summed E-state index contributed by atoms with van der Waals surface area (Å²) < 4.78 is 0. The third kappa shape index (κ3) is 6.45. The van der Waals surface area contributed by atoms with Crippen LogP contribution in [0.15, 0.2) is 66.7 Å². The number of amides is 2. The van der Waals surface area contributed by atoms with E-state index < -0.39 is 0 Å². The maximum atomic E-state index is 13.3. The minimum absolute atomic E-state index is 0.0750. The first-order chi connectivity index (χ1) is 15.0. The molecule has 0 saturated carbocycles. The fourth-order valence-corrected chi connectivity index (χ4v) is 3.98. The predicted octanol–water partition coefficient (Wildman–Crippen LogP) is 7.19. The van der Waals surface area contributed by atoms with Crippen LogP contribution < -0.4 is 5.32 Å². The molecule has 3 heteroatoms. The van der Waals surface area contributed by atoms with E-state index in [2.05, 4.69) is 67.7 Å². The average Bonchev–Trinajstić information content (AvgIpc) is 2.76. The zero-order chi connectivity index (χ0) is 22.2. The van der Waals surface area contributed by atoms with Crippen molar-refractivity contribution >= 4 is 11.7 Å². The van der Waals surface area contributed by atoms with Gasteiger partial charge in [0.1, 0.15) is 0 Å². The van der Waals surface area contributed by atoms with Crippen molar-refractivity contribution in [3.63, 3.8) is 0 Å². The minimum atomic E-state index is -0.0750. The van der Waals surface area contributed by atoms with Gasteiger partial charge in [-0.2, -0.15) is 0 Å². The summed E-state index contributed by atoms with van der Waals surface area (Å²) in [6.07, 6.45) is 3.51. The molecule has 2 amide bonds. The lowest BCUT2D eigenvalue weighted by atomic mass is 10.1. The monoisotopic (exact) mass is 414 g/mol. The zero-order valence-electron chi connectivity index (χ0n) is 19.2. The van der Waals surface area contributed by atoms with Crippen LogP contribution in [-0.4, -0.2) is 10.9 Å². The zero-order valence-corrected chi connectivity index (χ0v) is 19.2. The molecule has 0 aromatic heterocycles. The second kappa shape index (κ2) is 10.8. The van der Waals surface area contributed by atoms with Gasteiger partial charge in [-0.15, -0.1) is 0 Å². The van der Waals surface area contributed by atoms with Crippen LogP contribution in [-0.2, 0) is 19.5 Å². The Morgan fingerprint density at radius 2 is 1.35 bits per heavy atom. The van der Waals surface area contributed by atoms with Gasteiger partial charge >= 0.3 is 6.03 Å². The van der Waals surface area contributed by atoms with Crippen molar-refractivity contribution in [1.29, 1.82) is 0 Å². The molecule has 0 bridgehead atoms. The van der Waals surface area contributed by atoms with Gasteiger partial charge in [0.2, 0.25) is 0 Å². The van der Waals surface area contributed by atoms with Gasteiger partial charge in [-0.05, 0) is 61.4 Å². The van der Waals surface area contributed by atoms with Crippen molar-refractivity contribution in [3.05, 3.63) is 100 Å². The van der Waals surface area contributed by atoms with E-state index in [0.29, 0.717) is 13.1 Å². The third-order valence-electron chi connectivity index (χ3n) is 5.63. The van der Waals surface area contributed by atoms with Crippen LogP contribution in [0.25, 0.3) is 0 Å². The molecule has 0 saturated heterocycles. The third-order valence-corrected chi connectivity index (χ3v) is 5.63. The molecule has 0 atom stereocenters. The van der Waals surface area contributed by atoms with Crippen LogP contribution in [0, 0.1) is 20.8 Å². The standard InChI is InChI=1S/C28H34N2O/c1-5-6-10-24-13-15-26(16-14-24)20-30(19-25-11-8-7-9-12-25)28(31)29-27-22(3)17-21(2)18-23(27)4/h7-9,11-18H,5-6,10,19-20H2,1-4H3,(H,29,31). The van der Waals surface area contributed by atoms with Crippen molar-refractivity contribution in [2.45, 2.75) is 60.0 Å². The van der Waals surface area contributed by atoms with Gasteiger partial charge in [0.05, 0.1) is 0 Å². The van der Waals surface area contributed by atoms with E-state index in [1.165, 1.54) is 24.0 Å². The van der Waals surface area contributed by atoms with Crippen molar-refractivity contribution in [1.82, 2.24) is 4.90 Å². The molecule has 0 aliphatic carbocycles. The highest BCUT2D eigenvalue weighted by atomic mass is 16.2. The molecule has 0 spiro atoms. The first kappa shape index (κ1) is 22.6. The maximum Gasteiger partial charge on any atom is 0.322 e. The lowest BCUT2D eigenvalue weighted by Gasteiger charge is -2.25. The minimum Gasteiger partial charge on any atom is -0.316 e. The average molecular weight is 415 g/mol. The van der Waals surface area contributed by atoms with Crippen LogP contribution in [0.1, 0.15) is 53.1 Å². The lowest BCUT2D eigenvalue weighted by molar-refractivity contribution is 0.206. The molecule has 0 unspecified atom stereocenters. The van der Waals surface area contributed by atoms with Crippen molar-refractivity contribution in [3.8, 4) is 0 Å². The number of benzene rings is 3. The Labute approximate surface area is 187 Å². The summed E-state index contributed by atoms with van der Waals surface area (Å²) in [7, 11) is 0. The number of nitrogens with zero attached hydrogens (tertiary/aromatic N) is 1. The van der Waals surface area contributed by atoms with E-state index in [9.17, 15) is 4.79 Å². The van der Waals surface area contributed by atoms with E-state index in [4.69, 9.17) is 0 Å². The van der Waals surface area contributed by atoms with Gasteiger partial charge in [-0.3, -0.25) is 0 Å². The first-order valence-corrected chi connectivity index (χ1v) is 11.2. The number of hydrogen-bond donors (Lipinski definition) is 1. The number of hydrogen-bond acceptors (Lipinski definition) is 1. The quantitative estimate of drug-likeness (QED) is 0.416. The van der Waals surface area contributed by atoms with Crippen LogP contribution in [0.5, 0.6) is 0 Å². The van der Waals surface area contributed by atoms with E-state index in [-0.39, 0.29) is 6.03 Å². The molecule has 3 rings (SSSR count). The summed E-state index contributed by atoms with van der Waals surface area (Å²) in [5.74, 6) is 0. The van der Waals surface area contributed by atoms with Crippen LogP contribution >= 0.6 is 0 Å². The fourth-order valence-electron chi connectivity index (χ4n) is 3.98. The summed E-state index contributed by atoms with van der Waals surface area (Å²) in [5, 5.41) is 3.17. The van der Waals surface area contributed by atoms with E-state index in [1.807, 2.05) is 36.9 Å². The Bertz CT molecular complexity index is 970. The largest absolute Gasteiger partial charge is 0.322 e. The van der Waals surface area contributed by atoms with E-state index in [0.717, 1.165) is 34.4 Å². The summed E-state index contributed by atoms with van der Waals surface area (Å²) in [5.41, 5.74) is 7.91. The second-order valence-electron chi connectivity index (χ2n) is 8.47. The van der Waals surface area contributed by atoms with Crippen molar-refractivity contribution < 1.29 is 4.79 Å². The second-order valence-corrected chi connectivity index (χ2v) is 8.47. The van der Waals surface area contributed by atoms with Gasteiger partial charge < -0.3 is 10.2 Å². The van der Waals surface area contributed by atoms with Gasteiger partial charge in [0.15, 0.2) is 0 Å². The summed E-state index contributed by atoms with van der Waals surface area (Å²) >= 11 is 0.